The molecule has 0 saturated carbocycles. The van der Waals surface area contributed by atoms with E-state index in [1.165, 1.54) is 27.5 Å². The second-order valence-electron chi connectivity index (χ2n) is 10.6. The second-order valence-corrected chi connectivity index (χ2v) is 10.6. The lowest BCUT2D eigenvalue weighted by atomic mass is 9.97. The number of likely N-dealkylation sites (N-methyl/N-ethyl adjacent to an activating group) is 1. The highest BCUT2D eigenvalue weighted by atomic mass is 16.1. The number of hydrogen-bond acceptors (Lipinski definition) is 5. The van der Waals surface area contributed by atoms with E-state index in [0.29, 0.717) is 18.8 Å². The molecule has 0 atom stereocenters. The van der Waals surface area contributed by atoms with Crippen LogP contribution in [0.15, 0.2) is 90.4 Å². The first-order valence-corrected chi connectivity index (χ1v) is 13.8. The van der Waals surface area contributed by atoms with Gasteiger partial charge in [-0.15, -0.1) is 0 Å². The van der Waals surface area contributed by atoms with E-state index in [0.717, 1.165) is 56.4 Å². The maximum absolute atomic E-state index is 12.7. The Labute approximate surface area is 230 Å². The fourth-order valence-electron chi connectivity index (χ4n) is 5.99. The van der Waals surface area contributed by atoms with Crippen molar-refractivity contribution in [3.05, 3.63) is 113 Å². The molecule has 2 aliphatic heterocycles. The molecule has 39 heavy (non-hydrogen) atoms. The molecular formula is C33H35N5O. The Bertz CT molecular complexity index is 1550. The van der Waals surface area contributed by atoms with Crippen molar-refractivity contribution in [2.45, 2.75) is 26.4 Å². The van der Waals surface area contributed by atoms with Gasteiger partial charge in [0.2, 0.25) is 0 Å². The van der Waals surface area contributed by atoms with Crippen molar-refractivity contribution < 1.29 is 4.79 Å². The first kappa shape index (κ1) is 25.2. The minimum atomic E-state index is 0.617. The first-order valence-electron chi connectivity index (χ1n) is 13.8. The summed E-state index contributed by atoms with van der Waals surface area (Å²) in [5.74, 6) is 3.37. The van der Waals surface area contributed by atoms with Crippen LogP contribution in [0.25, 0.3) is 16.3 Å². The third-order valence-corrected chi connectivity index (χ3v) is 8.16. The molecule has 0 bridgehead atoms. The summed E-state index contributed by atoms with van der Waals surface area (Å²) in [7, 11) is 2.16. The number of hydrogen-bond donors (Lipinski definition) is 0. The highest BCUT2D eigenvalue weighted by Gasteiger charge is 2.34. The highest BCUT2D eigenvalue weighted by Crippen LogP contribution is 2.39. The Kier molecular flexibility index (Phi) is 7.06. The lowest BCUT2D eigenvalue weighted by molar-refractivity contribution is 0.186. The highest BCUT2D eigenvalue weighted by molar-refractivity contribution is 5.97. The largest absolute Gasteiger partial charge is 0.366 e. The number of aryl methyl sites for hydroxylation is 2. The molecule has 6 nitrogen and oxygen atoms in total. The van der Waals surface area contributed by atoms with Gasteiger partial charge in [0.25, 0.3) is 0 Å². The second kappa shape index (κ2) is 10.9. The Morgan fingerprint density at radius 3 is 2.44 bits per heavy atom. The number of piperazine rings is 1. The molecule has 0 unspecified atom stereocenters. The molecule has 0 aliphatic carbocycles. The molecule has 6 rings (SSSR count). The molecule has 1 fully saturated rings. The van der Waals surface area contributed by atoms with Crippen LogP contribution in [-0.4, -0.2) is 70.0 Å². The summed E-state index contributed by atoms with van der Waals surface area (Å²) < 4.78 is 2.29. The molecule has 4 aromatic rings. The topological polar surface area (TPSA) is 44.6 Å². The van der Waals surface area contributed by atoms with Gasteiger partial charge in [-0.3, -0.25) is 0 Å². The van der Waals surface area contributed by atoms with Crippen molar-refractivity contribution in [2.75, 3.05) is 39.8 Å². The number of fused-ring (bicyclic) bond motifs is 1. The van der Waals surface area contributed by atoms with E-state index in [4.69, 9.17) is 0 Å². The van der Waals surface area contributed by atoms with Crippen molar-refractivity contribution in [2.24, 2.45) is 0 Å². The predicted octanol–water partition coefficient (Wildman–Crippen LogP) is 4.78. The van der Waals surface area contributed by atoms with Gasteiger partial charge in [-0.05, 0) is 42.3 Å². The van der Waals surface area contributed by atoms with Crippen molar-refractivity contribution in [3.63, 3.8) is 0 Å². The molecule has 1 saturated heterocycles. The van der Waals surface area contributed by atoms with Gasteiger partial charge >= 0.3 is 0 Å². The van der Waals surface area contributed by atoms with Crippen molar-refractivity contribution >= 4 is 22.3 Å². The Hall–Kier alpha value is -4.12. The molecule has 1 aromatic heterocycles. The average molecular weight is 518 g/mol. The molecule has 198 valence electrons. The van der Waals surface area contributed by atoms with Gasteiger partial charge in [0.05, 0.1) is 24.1 Å². The van der Waals surface area contributed by atoms with Gasteiger partial charge in [0.1, 0.15) is 11.5 Å². The van der Waals surface area contributed by atoms with E-state index in [-0.39, 0.29) is 0 Å². The van der Waals surface area contributed by atoms with Crippen LogP contribution < -0.4 is 0 Å². The van der Waals surface area contributed by atoms with Gasteiger partial charge < -0.3 is 19.3 Å². The number of carbonyl (C=O) groups excluding carboxylic acids is 1. The van der Waals surface area contributed by atoms with Crippen LogP contribution in [-0.2, 0) is 24.3 Å². The smallest absolute Gasteiger partial charge is 0.152 e. The molecule has 3 heterocycles. The van der Waals surface area contributed by atoms with Crippen molar-refractivity contribution in [3.8, 4) is 0 Å². The monoisotopic (exact) mass is 517 g/mol. The van der Waals surface area contributed by atoms with E-state index < -0.39 is 0 Å². The fraction of sp³-hybridized carbons (Fsp3) is 0.303. The molecular weight excluding hydrogens is 482 g/mol. The predicted molar refractivity (Wildman–Crippen MR) is 157 cm³/mol. The van der Waals surface area contributed by atoms with Crippen LogP contribution in [0, 0.1) is 6.92 Å². The van der Waals surface area contributed by atoms with Crippen LogP contribution in [0.4, 0.5) is 0 Å². The molecule has 6 heteroatoms. The third kappa shape index (κ3) is 5.01. The minimum Gasteiger partial charge on any atom is -0.366 e. The van der Waals surface area contributed by atoms with E-state index in [1.54, 1.807) is 0 Å². The zero-order valence-electron chi connectivity index (χ0n) is 22.8. The number of imidazole rings is 1. The van der Waals surface area contributed by atoms with E-state index in [2.05, 4.69) is 117 Å². The number of nitrogens with zero attached hydrogens (tertiary/aromatic N) is 5. The van der Waals surface area contributed by atoms with E-state index in [9.17, 15) is 4.79 Å². The van der Waals surface area contributed by atoms with Crippen molar-refractivity contribution in [1.29, 1.82) is 0 Å². The molecule has 0 spiro atoms. The third-order valence-electron chi connectivity index (χ3n) is 8.16. The van der Waals surface area contributed by atoms with Gasteiger partial charge in [-0.2, -0.15) is 0 Å². The standard InChI is InChI=1S/C33H35N5O/c1-25-34-21-28(38(25)16-15-26-9-4-3-5-10-26)22-37-23-31(30-14-8-12-27-11-6-7-13-29(27)30)33(32(37)24-39)36-19-17-35(2)18-20-36/h3-14,21H,15-20,22-23H2,1-2H3. The quantitative estimate of drug-likeness (QED) is 0.330. The number of rotatable bonds is 7. The van der Waals surface area contributed by atoms with Gasteiger partial charge in [0.15, 0.2) is 5.94 Å². The van der Waals surface area contributed by atoms with Crippen LogP contribution >= 0.6 is 0 Å². The SMILES string of the molecule is Cc1ncc(CN2CC(c3cccc4ccccc34)=C(N3CCN(C)CC3)C2=C=O)n1CCc1ccccc1. The lowest BCUT2D eigenvalue weighted by Gasteiger charge is -2.35. The van der Waals surface area contributed by atoms with Gasteiger partial charge in [-0.25, -0.2) is 9.78 Å². The molecule has 2 aliphatic rings. The Morgan fingerprint density at radius 2 is 1.64 bits per heavy atom. The minimum absolute atomic E-state index is 0.617. The Balaban J connectivity index is 1.35. The maximum atomic E-state index is 12.7. The molecule has 0 radical (unpaired) electrons. The number of benzene rings is 3. The maximum Gasteiger partial charge on any atom is 0.152 e. The summed E-state index contributed by atoms with van der Waals surface area (Å²) in [6, 6.07) is 25.6. The average Bonchev–Trinajstić information content (AvgIpc) is 3.51. The Morgan fingerprint density at radius 1 is 0.897 bits per heavy atom. The summed E-state index contributed by atoms with van der Waals surface area (Å²) >= 11 is 0. The summed E-state index contributed by atoms with van der Waals surface area (Å²) in [5, 5.41) is 2.43. The zero-order valence-corrected chi connectivity index (χ0v) is 22.8. The zero-order chi connectivity index (χ0) is 26.8. The van der Waals surface area contributed by atoms with Gasteiger partial charge in [0, 0.05) is 44.8 Å². The van der Waals surface area contributed by atoms with Crippen molar-refractivity contribution in [1.82, 2.24) is 24.3 Å². The summed E-state index contributed by atoms with van der Waals surface area (Å²) in [6.07, 6.45) is 2.90. The number of aromatic nitrogens is 2. The fourth-order valence-corrected chi connectivity index (χ4v) is 5.99. The molecule has 0 N–H and O–H groups in total. The normalized spacial score (nSPS) is 16.4. The van der Waals surface area contributed by atoms with E-state index >= 15 is 0 Å². The lowest BCUT2D eigenvalue weighted by Crippen LogP contribution is -2.44. The van der Waals surface area contributed by atoms with Gasteiger partial charge in [-0.1, -0.05) is 72.8 Å². The summed E-state index contributed by atoms with van der Waals surface area (Å²) in [6.45, 7) is 7.95. The first-order chi connectivity index (χ1) is 19.1. The summed E-state index contributed by atoms with van der Waals surface area (Å²) in [4.78, 5) is 24.3. The van der Waals surface area contributed by atoms with Crippen LogP contribution in [0.5, 0.6) is 0 Å². The molecule has 3 aromatic carbocycles. The van der Waals surface area contributed by atoms with Crippen LogP contribution in [0.3, 0.4) is 0 Å². The molecule has 0 amide bonds. The van der Waals surface area contributed by atoms with Crippen LogP contribution in [0.1, 0.15) is 22.6 Å². The van der Waals surface area contributed by atoms with E-state index in [1.807, 2.05) is 6.20 Å². The summed E-state index contributed by atoms with van der Waals surface area (Å²) in [5.41, 5.74) is 6.54. The van der Waals surface area contributed by atoms with Crippen LogP contribution in [0.2, 0.25) is 0 Å².